The highest BCUT2D eigenvalue weighted by atomic mass is 16.4. The Bertz CT molecular complexity index is 554. The van der Waals surface area contributed by atoms with Crippen LogP contribution in [0.3, 0.4) is 0 Å². The topological polar surface area (TPSA) is 69.6 Å². The number of rotatable bonds is 5. The Morgan fingerprint density at radius 3 is 2.76 bits per heavy atom. The zero-order chi connectivity index (χ0) is 14.8. The van der Waals surface area contributed by atoms with Crippen LogP contribution in [0.15, 0.2) is 24.3 Å². The molecule has 1 aromatic carbocycles. The molecule has 1 saturated carbocycles. The minimum absolute atomic E-state index is 0.0472. The van der Waals surface area contributed by atoms with E-state index in [4.69, 9.17) is 0 Å². The molecule has 5 heteroatoms. The fourth-order valence-corrected chi connectivity index (χ4v) is 2.80. The van der Waals surface area contributed by atoms with Crippen LogP contribution in [-0.2, 0) is 16.0 Å². The van der Waals surface area contributed by atoms with E-state index < -0.39 is 11.9 Å². The van der Waals surface area contributed by atoms with Crippen molar-refractivity contribution >= 4 is 17.6 Å². The number of amides is 1. The largest absolute Gasteiger partial charge is 0.481 e. The van der Waals surface area contributed by atoms with E-state index in [0.717, 1.165) is 23.7 Å². The van der Waals surface area contributed by atoms with Crippen molar-refractivity contribution < 1.29 is 14.7 Å². The lowest BCUT2D eigenvalue weighted by atomic mass is 9.92. The maximum absolute atomic E-state index is 12.4. The van der Waals surface area contributed by atoms with E-state index in [1.165, 1.54) is 12.8 Å². The lowest BCUT2D eigenvalue weighted by Gasteiger charge is -2.33. The third kappa shape index (κ3) is 3.24. The standard InChI is InChI=1S/C16H20N2O3/c19-15(9-17-8-11-5-6-11)18-10-13(16(20)21)7-12-3-1-2-4-14(12)18/h1-4,11,13,17H,5-10H2,(H,20,21). The summed E-state index contributed by atoms with van der Waals surface area (Å²) in [6, 6.07) is 7.57. The lowest BCUT2D eigenvalue weighted by Crippen LogP contribution is -2.46. The highest BCUT2D eigenvalue weighted by molar-refractivity contribution is 5.97. The summed E-state index contributed by atoms with van der Waals surface area (Å²) in [5.41, 5.74) is 1.79. The minimum atomic E-state index is -0.840. The molecule has 1 aliphatic heterocycles. The Morgan fingerprint density at radius 2 is 2.05 bits per heavy atom. The van der Waals surface area contributed by atoms with Gasteiger partial charge in [-0.05, 0) is 43.4 Å². The van der Waals surface area contributed by atoms with Gasteiger partial charge in [0.05, 0.1) is 12.5 Å². The number of hydrogen-bond acceptors (Lipinski definition) is 3. The highest BCUT2D eigenvalue weighted by Gasteiger charge is 2.32. The molecule has 0 aromatic heterocycles. The van der Waals surface area contributed by atoms with Crippen LogP contribution >= 0.6 is 0 Å². The molecule has 1 amide bonds. The Kier molecular flexibility index (Phi) is 3.92. The number of hydrogen-bond donors (Lipinski definition) is 2. The van der Waals surface area contributed by atoms with E-state index in [-0.39, 0.29) is 19.0 Å². The molecule has 3 rings (SSSR count). The summed E-state index contributed by atoms with van der Waals surface area (Å²) in [7, 11) is 0. The molecule has 1 unspecified atom stereocenters. The number of carbonyl (C=O) groups excluding carboxylic acids is 1. The molecule has 21 heavy (non-hydrogen) atoms. The van der Waals surface area contributed by atoms with Crippen molar-refractivity contribution in [2.75, 3.05) is 24.5 Å². The molecule has 1 atom stereocenters. The average Bonchev–Trinajstić information content (AvgIpc) is 3.30. The summed E-state index contributed by atoms with van der Waals surface area (Å²) in [4.78, 5) is 25.3. The summed E-state index contributed by atoms with van der Waals surface area (Å²) < 4.78 is 0. The zero-order valence-corrected chi connectivity index (χ0v) is 11.9. The summed E-state index contributed by atoms with van der Waals surface area (Å²) in [5, 5.41) is 12.4. The summed E-state index contributed by atoms with van der Waals surface area (Å²) in [6.45, 7) is 1.41. The fourth-order valence-electron chi connectivity index (χ4n) is 2.80. The lowest BCUT2D eigenvalue weighted by molar-refractivity contribution is -0.141. The van der Waals surface area contributed by atoms with Crippen molar-refractivity contribution in [2.45, 2.75) is 19.3 Å². The first-order valence-corrected chi connectivity index (χ1v) is 7.47. The molecule has 0 bridgehead atoms. The molecule has 2 N–H and O–H groups in total. The van der Waals surface area contributed by atoms with Crippen LogP contribution < -0.4 is 10.2 Å². The Morgan fingerprint density at radius 1 is 1.29 bits per heavy atom. The average molecular weight is 288 g/mol. The first kappa shape index (κ1) is 14.1. The molecule has 5 nitrogen and oxygen atoms in total. The molecule has 112 valence electrons. The number of nitrogens with one attached hydrogen (secondary N) is 1. The number of nitrogens with zero attached hydrogens (tertiary/aromatic N) is 1. The van der Waals surface area contributed by atoms with Crippen LogP contribution in [0.4, 0.5) is 5.69 Å². The van der Waals surface area contributed by atoms with E-state index in [0.29, 0.717) is 6.42 Å². The maximum atomic E-state index is 12.4. The number of carboxylic acid groups (broad SMARTS) is 1. The first-order chi connectivity index (χ1) is 10.1. The fraction of sp³-hybridized carbons (Fsp3) is 0.500. The normalized spacial score (nSPS) is 21.0. The quantitative estimate of drug-likeness (QED) is 0.856. The molecular formula is C16H20N2O3. The van der Waals surface area contributed by atoms with Gasteiger partial charge in [-0.3, -0.25) is 9.59 Å². The number of carbonyl (C=O) groups is 2. The zero-order valence-electron chi connectivity index (χ0n) is 11.9. The van der Waals surface area contributed by atoms with Gasteiger partial charge >= 0.3 is 5.97 Å². The molecule has 1 aromatic rings. The van der Waals surface area contributed by atoms with E-state index in [1.54, 1.807) is 4.90 Å². The Balaban J connectivity index is 1.72. The first-order valence-electron chi connectivity index (χ1n) is 7.47. The van der Waals surface area contributed by atoms with Crippen LogP contribution in [-0.4, -0.2) is 36.6 Å². The van der Waals surface area contributed by atoms with E-state index >= 15 is 0 Å². The number of para-hydroxylation sites is 1. The van der Waals surface area contributed by atoms with Gasteiger partial charge in [-0.15, -0.1) is 0 Å². The van der Waals surface area contributed by atoms with Gasteiger partial charge in [-0.25, -0.2) is 0 Å². The van der Waals surface area contributed by atoms with Gasteiger partial charge < -0.3 is 15.3 Å². The monoisotopic (exact) mass is 288 g/mol. The molecule has 0 spiro atoms. The van der Waals surface area contributed by atoms with Gasteiger partial charge in [0.2, 0.25) is 5.91 Å². The molecule has 1 aliphatic carbocycles. The second-order valence-electron chi connectivity index (χ2n) is 5.95. The molecule has 0 radical (unpaired) electrons. The van der Waals surface area contributed by atoms with Gasteiger partial charge in [-0.1, -0.05) is 18.2 Å². The second kappa shape index (κ2) is 5.85. The summed E-state index contributed by atoms with van der Waals surface area (Å²) in [5.74, 6) is -0.687. The van der Waals surface area contributed by atoms with Crippen LogP contribution in [0.25, 0.3) is 0 Å². The predicted molar refractivity (Wildman–Crippen MR) is 79.2 cm³/mol. The number of fused-ring (bicyclic) bond motifs is 1. The number of carboxylic acids is 1. The smallest absolute Gasteiger partial charge is 0.308 e. The van der Waals surface area contributed by atoms with Crippen molar-refractivity contribution in [1.29, 1.82) is 0 Å². The molecule has 2 aliphatic rings. The molecule has 0 saturated heterocycles. The number of benzene rings is 1. The van der Waals surface area contributed by atoms with Crippen molar-refractivity contribution in [1.82, 2.24) is 5.32 Å². The second-order valence-corrected chi connectivity index (χ2v) is 5.95. The van der Waals surface area contributed by atoms with Gasteiger partial charge in [0, 0.05) is 12.2 Å². The van der Waals surface area contributed by atoms with Crippen molar-refractivity contribution in [3.05, 3.63) is 29.8 Å². The molecular weight excluding hydrogens is 268 g/mol. The Labute approximate surface area is 123 Å². The number of aliphatic carboxylic acids is 1. The molecule has 1 heterocycles. The van der Waals surface area contributed by atoms with Gasteiger partial charge in [0.15, 0.2) is 0 Å². The third-order valence-corrected chi connectivity index (χ3v) is 4.21. The number of anilines is 1. The van der Waals surface area contributed by atoms with Crippen LogP contribution in [0, 0.1) is 11.8 Å². The van der Waals surface area contributed by atoms with Crippen molar-refractivity contribution in [2.24, 2.45) is 11.8 Å². The SMILES string of the molecule is O=C(O)C1Cc2ccccc2N(C(=O)CNCC2CC2)C1. The minimum Gasteiger partial charge on any atom is -0.481 e. The Hall–Kier alpha value is -1.88. The van der Waals surface area contributed by atoms with Gasteiger partial charge in [0.25, 0.3) is 0 Å². The van der Waals surface area contributed by atoms with E-state index in [1.807, 2.05) is 24.3 Å². The van der Waals surface area contributed by atoms with Crippen LogP contribution in [0.5, 0.6) is 0 Å². The van der Waals surface area contributed by atoms with Crippen molar-refractivity contribution in [3.63, 3.8) is 0 Å². The van der Waals surface area contributed by atoms with Gasteiger partial charge in [-0.2, -0.15) is 0 Å². The predicted octanol–water partition coefficient (Wildman–Crippen LogP) is 1.28. The maximum Gasteiger partial charge on any atom is 0.308 e. The van der Waals surface area contributed by atoms with E-state index in [9.17, 15) is 14.7 Å². The van der Waals surface area contributed by atoms with Crippen LogP contribution in [0.1, 0.15) is 18.4 Å². The van der Waals surface area contributed by atoms with Crippen molar-refractivity contribution in [3.8, 4) is 0 Å². The highest BCUT2D eigenvalue weighted by Crippen LogP contribution is 2.30. The van der Waals surface area contributed by atoms with Gasteiger partial charge in [0.1, 0.15) is 0 Å². The third-order valence-electron chi connectivity index (χ3n) is 4.21. The summed E-state index contributed by atoms with van der Waals surface area (Å²) >= 11 is 0. The summed E-state index contributed by atoms with van der Waals surface area (Å²) in [6.07, 6.45) is 2.98. The van der Waals surface area contributed by atoms with Crippen LogP contribution in [0.2, 0.25) is 0 Å². The van der Waals surface area contributed by atoms with E-state index in [2.05, 4.69) is 5.32 Å². The molecule has 1 fully saturated rings.